The van der Waals surface area contributed by atoms with Gasteiger partial charge in [0.05, 0.1) is 7.11 Å². The molecule has 0 aromatic carbocycles. The van der Waals surface area contributed by atoms with E-state index in [1.165, 1.54) is 7.11 Å². The van der Waals surface area contributed by atoms with Crippen molar-refractivity contribution in [2.45, 2.75) is 6.04 Å². The van der Waals surface area contributed by atoms with Gasteiger partial charge in [0.25, 0.3) is 0 Å². The maximum absolute atomic E-state index is 10.5. The first-order valence-electron chi connectivity index (χ1n) is 2.63. The number of rotatable bonds is 3. The summed E-state index contributed by atoms with van der Waals surface area (Å²) in [6.07, 6.45) is -0.211. The summed E-state index contributed by atoms with van der Waals surface area (Å²) in [5.74, 6) is -0.660. The molecule has 0 rings (SSSR count). The Morgan fingerprint density at radius 3 is 2.55 bits per heavy atom. The molecule has 0 fully saturated rings. The standard InChI is InChI=1S/C4H10NO4P.ClH/c1-9-4(6)3(5)2-10(7)8;/h3,10H,2,5H2,1H3,(H,7,8);1H. The van der Waals surface area contributed by atoms with E-state index in [4.69, 9.17) is 10.6 Å². The van der Waals surface area contributed by atoms with Crippen LogP contribution < -0.4 is 5.73 Å². The summed E-state index contributed by atoms with van der Waals surface area (Å²) in [7, 11) is -1.49. The molecule has 0 radical (unpaired) electrons. The summed E-state index contributed by atoms with van der Waals surface area (Å²) in [5.41, 5.74) is 5.12. The topological polar surface area (TPSA) is 89.6 Å². The van der Waals surface area contributed by atoms with Crippen LogP contribution in [0.4, 0.5) is 0 Å². The van der Waals surface area contributed by atoms with Crippen molar-refractivity contribution >= 4 is 26.4 Å². The Labute approximate surface area is 71.2 Å². The molecule has 5 nitrogen and oxygen atoms in total. The van der Waals surface area contributed by atoms with Crippen molar-refractivity contribution in [3.63, 3.8) is 0 Å². The van der Waals surface area contributed by atoms with E-state index in [0.29, 0.717) is 0 Å². The van der Waals surface area contributed by atoms with Gasteiger partial charge in [-0.3, -0.25) is 9.36 Å². The van der Waals surface area contributed by atoms with Crippen molar-refractivity contribution in [3.05, 3.63) is 0 Å². The van der Waals surface area contributed by atoms with Crippen LogP contribution in [0.25, 0.3) is 0 Å². The van der Waals surface area contributed by atoms with Crippen LogP contribution in [0.15, 0.2) is 0 Å². The Morgan fingerprint density at radius 1 is 1.82 bits per heavy atom. The normalized spacial score (nSPS) is 14.5. The highest BCUT2D eigenvalue weighted by molar-refractivity contribution is 7.38. The first-order valence-corrected chi connectivity index (χ1v) is 4.19. The van der Waals surface area contributed by atoms with Gasteiger partial charge in [0.15, 0.2) is 8.03 Å². The maximum atomic E-state index is 10.5. The highest BCUT2D eigenvalue weighted by atomic mass is 35.5. The van der Waals surface area contributed by atoms with E-state index in [0.717, 1.165) is 0 Å². The second-order valence-electron chi connectivity index (χ2n) is 1.73. The van der Waals surface area contributed by atoms with Crippen LogP contribution in [0.2, 0.25) is 0 Å². The van der Waals surface area contributed by atoms with E-state index in [-0.39, 0.29) is 18.6 Å². The molecule has 0 amide bonds. The summed E-state index contributed by atoms with van der Waals surface area (Å²) in [5, 5.41) is 0. The summed E-state index contributed by atoms with van der Waals surface area (Å²) >= 11 is 0. The number of carbonyl (C=O) groups excluding carboxylic acids is 1. The van der Waals surface area contributed by atoms with Gasteiger partial charge in [-0.25, -0.2) is 0 Å². The number of methoxy groups -OCH3 is 1. The van der Waals surface area contributed by atoms with Crippen molar-refractivity contribution < 1.29 is 19.0 Å². The fourth-order valence-corrected chi connectivity index (χ4v) is 0.966. The van der Waals surface area contributed by atoms with Gasteiger partial charge in [0.2, 0.25) is 0 Å². The van der Waals surface area contributed by atoms with Crippen LogP contribution >= 0.6 is 20.4 Å². The van der Waals surface area contributed by atoms with Gasteiger partial charge in [-0.05, 0) is 0 Å². The molecule has 2 atom stereocenters. The minimum absolute atomic E-state index is 0. The van der Waals surface area contributed by atoms with E-state index in [1.54, 1.807) is 0 Å². The largest absolute Gasteiger partial charge is 0.468 e. The third-order valence-corrected chi connectivity index (χ3v) is 1.69. The Hall–Kier alpha value is -0.0900. The number of hydrogen-bond donors (Lipinski definition) is 2. The molecule has 11 heavy (non-hydrogen) atoms. The smallest absolute Gasteiger partial charge is 0.323 e. The highest BCUT2D eigenvalue weighted by Crippen LogP contribution is 2.13. The lowest BCUT2D eigenvalue weighted by molar-refractivity contribution is -0.141. The molecule has 0 aromatic heterocycles. The van der Waals surface area contributed by atoms with Gasteiger partial charge < -0.3 is 15.4 Å². The molecule has 7 heteroatoms. The number of hydrogen-bond acceptors (Lipinski definition) is 4. The zero-order valence-electron chi connectivity index (χ0n) is 5.94. The second-order valence-corrected chi connectivity index (χ2v) is 2.92. The SMILES string of the molecule is COC(=O)C(N)C[PH](=O)O.Cl. The molecule has 0 aliphatic rings. The van der Waals surface area contributed by atoms with Gasteiger partial charge in [-0.15, -0.1) is 12.4 Å². The zero-order valence-corrected chi connectivity index (χ0v) is 7.76. The summed E-state index contributed by atoms with van der Waals surface area (Å²) in [6.45, 7) is 0. The van der Waals surface area contributed by atoms with Gasteiger partial charge in [-0.2, -0.15) is 0 Å². The van der Waals surface area contributed by atoms with Gasteiger partial charge >= 0.3 is 5.97 Å². The predicted octanol–water partition coefficient (Wildman–Crippen LogP) is -0.624. The van der Waals surface area contributed by atoms with E-state index in [2.05, 4.69) is 4.74 Å². The zero-order chi connectivity index (χ0) is 8.15. The molecule has 0 aliphatic carbocycles. The first kappa shape index (κ1) is 13.5. The van der Waals surface area contributed by atoms with Crippen LogP contribution in [-0.2, 0) is 14.1 Å². The molecule has 68 valence electrons. The number of carbonyl (C=O) groups is 1. The van der Waals surface area contributed by atoms with Crippen LogP contribution in [0.5, 0.6) is 0 Å². The fraction of sp³-hybridized carbons (Fsp3) is 0.750. The van der Waals surface area contributed by atoms with Crippen molar-refractivity contribution in [2.75, 3.05) is 13.3 Å². The average Bonchev–Trinajstić information content (AvgIpc) is 1.85. The summed E-state index contributed by atoms with van der Waals surface area (Å²) in [6, 6.07) is -0.971. The van der Waals surface area contributed by atoms with E-state index in [9.17, 15) is 9.36 Å². The lowest BCUT2D eigenvalue weighted by atomic mass is 10.4. The van der Waals surface area contributed by atoms with Crippen molar-refractivity contribution in [2.24, 2.45) is 5.73 Å². The lowest BCUT2D eigenvalue weighted by Crippen LogP contribution is -2.33. The third-order valence-electron chi connectivity index (χ3n) is 0.898. The van der Waals surface area contributed by atoms with E-state index in [1.807, 2.05) is 0 Å². The molecule has 3 N–H and O–H groups in total. The van der Waals surface area contributed by atoms with Gasteiger partial charge in [0.1, 0.15) is 6.04 Å². The molecule has 0 saturated carbocycles. The molecule has 0 saturated heterocycles. The first-order chi connectivity index (χ1) is 4.57. The lowest BCUT2D eigenvalue weighted by Gasteiger charge is -2.04. The molecule has 0 aliphatic heterocycles. The number of esters is 1. The molecule has 0 heterocycles. The monoisotopic (exact) mass is 203 g/mol. The predicted molar refractivity (Wildman–Crippen MR) is 43.3 cm³/mol. The number of ether oxygens (including phenoxy) is 1. The summed E-state index contributed by atoms with van der Waals surface area (Å²) in [4.78, 5) is 18.8. The third kappa shape index (κ3) is 6.31. The van der Waals surface area contributed by atoms with Gasteiger partial charge in [0, 0.05) is 6.16 Å². The Balaban J connectivity index is 0. The van der Waals surface area contributed by atoms with Crippen molar-refractivity contribution in [3.8, 4) is 0 Å². The van der Waals surface area contributed by atoms with E-state index >= 15 is 0 Å². The van der Waals surface area contributed by atoms with Crippen molar-refractivity contribution in [1.29, 1.82) is 0 Å². The van der Waals surface area contributed by atoms with Crippen LogP contribution in [-0.4, -0.2) is 30.2 Å². The Kier molecular flexibility index (Phi) is 8.11. The van der Waals surface area contributed by atoms with Crippen molar-refractivity contribution in [1.82, 2.24) is 0 Å². The minimum Gasteiger partial charge on any atom is -0.468 e. The molecule has 2 unspecified atom stereocenters. The molecule has 0 spiro atoms. The molecular formula is C4H11ClNO4P. The highest BCUT2D eigenvalue weighted by Gasteiger charge is 2.14. The number of halogens is 1. The molecule has 0 aromatic rings. The quantitative estimate of drug-likeness (QED) is 0.471. The minimum atomic E-state index is -2.66. The number of nitrogens with two attached hydrogens (primary N) is 1. The fourth-order valence-electron chi connectivity index (χ4n) is 0.423. The Bertz CT molecular complexity index is 153. The second kappa shape index (κ2) is 6.61. The molecule has 0 bridgehead atoms. The van der Waals surface area contributed by atoms with Crippen LogP contribution in [0, 0.1) is 0 Å². The average molecular weight is 204 g/mol. The van der Waals surface area contributed by atoms with Crippen LogP contribution in [0.3, 0.4) is 0 Å². The summed E-state index contributed by atoms with van der Waals surface area (Å²) < 4.78 is 14.3. The molecular weight excluding hydrogens is 192 g/mol. The maximum Gasteiger partial charge on any atom is 0.323 e. The van der Waals surface area contributed by atoms with Gasteiger partial charge in [-0.1, -0.05) is 0 Å². The van der Waals surface area contributed by atoms with Crippen LogP contribution in [0.1, 0.15) is 0 Å². The van der Waals surface area contributed by atoms with E-state index < -0.39 is 20.0 Å². The Morgan fingerprint density at radius 2 is 2.27 bits per heavy atom.